The molecule has 0 saturated carbocycles. The van der Waals surface area contributed by atoms with Crippen LogP contribution in [0.2, 0.25) is 0 Å². The first-order valence-electron chi connectivity index (χ1n) is 4.54. The van der Waals surface area contributed by atoms with Crippen molar-refractivity contribution in [1.29, 1.82) is 0 Å². The average Bonchev–Trinajstić information content (AvgIpc) is 2.32. The lowest BCUT2D eigenvalue weighted by Gasteiger charge is -2.19. The number of aliphatic hydroxyl groups excluding tert-OH is 1. The van der Waals surface area contributed by atoms with E-state index in [1.54, 1.807) is 0 Å². The van der Waals surface area contributed by atoms with E-state index in [-0.39, 0.29) is 12.0 Å². The van der Waals surface area contributed by atoms with Crippen LogP contribution < -0.4 is 0 Å². The lowest BCUT2D eigenvalue weighted by molar-refractivity contribution is -0.113. The topological polar surface area (TPSA) is 29.5 Å². The summed E-state index contributed by atoms with van der Waals surface area (Å²) in [6.07, 6.45) is 1.42. The maximum absolute atomic E-state index is 9.43. The van der Waals surface area contributed by atoms with Gasteiger partial charge in [-0.15, -0.1) is 6.58 Å². The quantitative estimate of drug-likeness (QED) is 0.640. The first-order valence-corrected chi connectivity index (χ1v) is 4.54. The molecule has 70 valence electrons. The summed E-state index contributed by atoms with van der Waals surface area (Å²) >= 11 is 0. The summed E-state index contributed by atoms with van der Waals surface area (Å²) in [5, 5.41) is 9.43. The van der Waals surface area contributed by atoms with Crippen LogP contribution in [0.3, 0.4) is 0 Å². The zero-order valence-corrected chi connectivity index (χ0v) is 8.03. The second-order valence-electron chi connectivity index (χ2n) is 3.80. The Kier molecular flexibility index (Phi) is 2.91. The summed E-state index contributed by atoms with van der Waals surface area (Å²) < 4.78 is 5.42. The van der Waals surface area contributed by atoms with Crippen LogP contribution in [0.1, 0.15) is 20.8 Å². The number of aliphatic hydroxyl groups is 1. The van der Waals surface area contributed by atoms with Crippen molar-refractivity contribution in [3.05, 3.63) is 12.7 Å². The highest BCUT2D eigenvalue weighted by atomic mass is 16.6. The van der Waals surface area contributed by atoms with Gasteiger partial charge in [0.05, 0.1) is 6.10 Å². The Hall–Kier alpha value is -0.340. The standard InChI is InChI=1S/C10H18O2/c1-5-6(2)9-7(3)8(4)10(11)12-9/h5-11H,1H2,2-4H3/t6-,7-,8+,9-,10?/m0/s1. The third-order valence-electron chi connectivity index (χ3n) is 2.98. The minimum Gasteiger partial charge on any atom is -0.368 e. The van der Waals surface area contributed by atoms with Crippen molar-refractivity contribution >= 4 is 0 Å². The predicted octanol–water partition coefficient (Wildman–Crippen LogP) is 1.80. The highest BCUT2D eigenvalue weighted by molar-refractivity contribution is 4.90. The van der Waals surface area contributed by atoms with Crippen LogP contribution in [-0.4, -0.2) is 17.5 Å². The van der Waals surface area contributed by atoms with Crippen molar-refractivity contribution in [2.45, 2.75) is 33.2 Å². The Labute approximate surface area is 74.2 Å². The van der Waals surface area contributed by atoms with Crippen molar-refractivity contribution in [3.63, 3.8) is 0 Å². The van der Waals surface area contributed by atoms with Gasteiger partial charge in [-0.05, 0) is 5.92 Å². The molecule has 2 heteroatoms. The molecule has 1 rings (SSSR count). The molecule has 0 aromatic carbocycles. The fourth-order valence-corrected chi connectivity index (χ4v) is 1.70. The molecule has 0 bridgehead atoms. The zero-order chi connectivity index (χ0) is 9.30. The first-order chi connectivity index (χ1) is 5.57. The summed E-state index contributed by atoms with van der Waals surface area (Å²) in [5.41, 5.74) is 0. The van der Waals surface area contributed by atoms with Crippen LogP contribution in [-0.2, 0) is 4.74 Å². The van der Waals surface area contributed by atoms with Crippen LogP contribution in [0.4, 0.5) is 0 Å². The molecule has 1 aliphatic rings. The molecule has 12 heavy (non-hydrogen) atoms. The Morgan fingerprint density at radius 1 is 1.42 bits per heavy atom. The molecule has 1 N–H and O–H groups in total. The largest absolute Gasteiger partial charge is 0.368 e. The van der Waals surface area contributed by atoms with Crippen LogP contribution in [0.15, 0.2) is 12.7 Å². The van der Waals surface area contributed by atoms with Gasteiger partial charge in [-0.25, -0.2) is 0 Å². The van der Waals surface area contributed by atoms with E-state index >= 15 is 0 Å². The van der Waals surface area contributed by atoms with Gasteiger partial charge < -0.3 is 9.84 Å². The van der Waals surface area contributed by atoms with Gasteiger partial charge in [-0.1, -0.05) is 26.8 Å². The second kappa shape index (κ2) is 3.58. The number of hydrogen-bond donors (Lipinski definition) is 1. The van der Waals surface area contributed by atoms with E-state index < -0.39 is 6.29 Å². The molecule has 5 atom stereocenters. The van der Waals surface area contributed by atoms with Crippen molar-refractivity contribution in [2.75, 3.05) is 0 Å². The molecule has 1 fully saturated rings. The molecule has 1 heterocycles. The van der Waals surface area contributed by atoms with Gasteiger partial charge in [0.15, 0.2) is 6.29 Å². The Morgan fingerprint density at radius 2 is 2.00 bits per heavy atom. The molecule has 0 amide bonds. The predicted molar refractivity (Wildman–Crippen MR) is 48.6 cm³/mol. The van der Waals surface area contributed by atoms with Crippen LogP contribution in [0.25, 0.3) is 0 Å². The molecule has 1 aliphatic heterocycles. The van der Waals surface area contributed by atoms with Gasteiger partial charge in [0.2, 0.25) is 0 Å². The third kappa shape index (κ3) is 1.54. The summed E-state index contributed by atoms with van der Waals surface area (Å²) in [6, 6.07) is 0. The molecule has 1 unspecified atom stereocenters. The van der Waals surface area contributed by atoms with E-state index in [1.807, 2.05) is 13.0 Å². The molecule has 0 radical (unpaired) electrons. The van der Waals surface area contributed by atoms with Crippen LogP contribution >= 0.6 is 0 Å². The van der Waals surface area contributed by atoms with Crippen molar-refractivity contribution in [1.82, 2.24) is 0 Å². The van der Waals surface area contributed by atoms with Gasteiger partial charge in [-0.2, -0.15) is 0 Å². The average molecular weight is 170 g/mol. The number of ether oxygens (including phenoxy) is 1. The highest BCUT2D eigenvalue weighted by Crippen LogP contribution is 2.34. The minimum absolute atomic E-state index is 0.132. The maximum Gasteiger partial charge on any atom is 0.157 e. The lowest BCUT2D eigenvalue weighted by atomic mass is 9.87. The van der Waals surface area contributed by atoms with Gasteiger partial charge in [-0.3, -0.25) is 0 Å². The number of rotatable bonds is 2. The van der Waals surface area contributed by atoms with E-state index in [0.717, 1.165) is 0 Å². The highest BCUT2D eigenvalue weighted by Gasteiger charge is 2.39. The third-order valence-corrected chi connectivity index (χ3v) is 2.98. The smallest absolute Gasteiger partial charge is 0.157 e. The van der Waals surface area contributed by atoms with Crippen LogP contribution in [0, 0.1) is 17.8 Å². The van der Waals surface area contributed by atoms with Gasteiger partial charge in [0.25, 0.3) is 0 Å². The molecule has 0 aliphatic carbocycles. The fraction of sp³-hybridized carbons (Fsp3) is 0.800. The van der Waals surface area contributed by atoms with E-state index in [2.05, 4.69) is 20.4 Å². The summed E-state index contributed by atoms with van der Waals surface area (Å²) in [7, 11) is 0. The van der Waals surface area contributed by atoms with E-state index in [1.165, 1.54) is 0 Å². The van der Waals surface area contributed by atoms with E-state index in [9.17, 15) is 5.11 Å². The summed E-state index contributed by atoms with van der Waals surface area (Å²) in [5.74, 6) is 0.963. The maximum atomic E-state index is 9.43. The zero-order valence-electron chi connectivity index (χ0n) is 8.03. The van der Waals surface area contributed by atoms with Gasteiger partial charge >= 0.3 is 0 Å². The molecule has 0 aromatic rings. The van der Waals surface area contributed by atoms with Gasteiger partial charge in [0, 0.05) is 11.8 Å². The van der Waals surface area contributed by atoms with Crippen molar-refractivity contribution < 1.29 is 9.84 Å². The van der Waals surface area contributed by atoms with E-state index in [4.69, 9.17) is 4.74 Å². The van der Waals surface area contributed by atoms with Gasteiger partial charge in [0.1, 0.15) is 0 Å². The van der Waals surface area contributed by atoms with Crippen molar-refractivity contribution in [2.24, 2.45) is 17.8 Å². The molecule has 0 spiro atoms. The van der Waals surface area contributed by atoms with E-state index in [0.29, 0.717) is 11.8 Å². The summed E-state index contributed by atoms with van der Waals surface area (Å²) in [4.78, 5) is 0. The van der Waals surface area contributed by atoms with Crippen molar-refractivity contribution in [3.8, 4) is 0 Å². The van der Waals surface area contributed by atoms with Crippen LogP contribution in [0.5, 0.6) is 0 Å². The lowest BCUT2D eigenvalue weighted by Crippen LogP contribution is -2.22. The Balaban J connectivity index is 2.63. The fourth-order valence-electron chi connectivity index (χ4n) is 1.70. The normalized spacial score (nSPS) is 44.3. The summed E-state index contributed by atoms with van der Waals surface area (Å²) in [6.45, 7) is 9.93. The SMILES string of the molecule is C=C[C@H](C)[C@@H]1OC(O)[C@H](C)[C@@H]1C. The Bertz CT molecular complexity index is 167. The number of hydrogen-bond acceptors (Lipinski definition) is 2. The molecular formula is C10H18O2. The molecular weight excluding hydrogens is 152 g/mol. The molecule has 2 nitrogen and oxygen atoms in total. The second-order valence-corrected chi connectivity index (χ2v) is 3.80. The Morgan fingerprint density at radius 3 is 2.33 bits per heavy atom. The molecule has 0 aromatic heterocycles. The molecule has 1 saturated heterocycles. The monoisotopic (exact) mass is 170 g/mol. The first kappa shape index (κ1) is 9.75. The minimum atomic E-state index is -0.590.